The van der Waals surface area contributed by atoms with Crippen LogP contribution >= 0.6 is 23.2 Å². The van der Waals surface area contributed by atoms with Crippen molar-refractivity contribution in [1.82, 2.24) is 15.2 Å². The van der Waals surface area contributed by atoms with Crippen molar-refractivity contribution in [1.29, 1.82) is 0 Å². The second-order valence-electron chi connectivity index (χ2n) is 3.90. The van der Waals surface area contributed by atoms with Gasteiger partial charge in [0.25, 0.3) is 5.91 Å². The number of aromatic nitrogens is 1. The van der Waals surface area contributed by atoms with Gasteiger partial charge >= 0.3 is 0 Å². The van der Waals surface area contributed by atoms with Crippen molar-refractivity contribution in [3.8, 4) is 0 Å². The lowest BCUT2D eigenvalue weighted by Gasteiger charge is -2.10. The summed E-state index contributed by atoms with van der Waals surface area (Å²) in [7, 11) is 3.97. The van der Waals surface area contributed by atoms with E-state index in [0.29, 0.717) is 17.1 Å². The van der Waals surface area contributed by atoms with Gasteiger partial charge in [0.15, 0.2) is 0 Å². The largest absolute Gasteiger partial charge is 0.352 e. The summed E-state index contributed by atoms with van der Waals surface area (Å²) in [4.78, 5) is 17.6. The van der Waals surface area contributed by atoms with Crippen molar-refractivity contribution < 1.29 is 4.79 Å². The van der Waals surface area contributed by atoms with Crippen LogP contribution in [0, 0.1) is 0 Å². The van der Waals surface area contributed by atoms with Crippen LogP contribution in [-0.2, 0) is 0 Å². The first-order valence-corrected chi connectivity index (χ1v) is 6.00. The van der Waals surface area contributed by atoms with E-state index < -0.39 is 0 Å². The van der Waals surface area contributed by atoms with E-state index in [9.17, 15) is 4.79 Å². The second-order valence-corrected chi connectivity index (χ2v) is 4.69. The number of carbonyl (C=O) groups excluding carboxylic acids is 1. The summed E-state index contributed by atoms with van der Waals surface area (Å²) in [5, 5.41) is 3.35. The number of amides is 1. The normalized spacial score (nSPS) is 10.6. The zero-order chi connectivity index (χ0) is 12.8. The fourth-order valence-electron chi connectivity index (χ4n) is 1.28. The Kier molecular flexibility index (Phi) is 5.68. The molecule has 0 aromatic carbocycles. The Morgan fingerprint density at radius 1 is 1.47 bits per heavy atom. The molecule has 6 heteroatoms. The summed E-state index contributed by atoms with van der Waals surface area (Å²) in [5.41, 5.74) is 0.358. The predicted molar refractivity (Wildman–Crippen MR) is 69.8 cm³/mol. The molecule has 1 heterocycles. The summed E-state index contributed by atoms with van der Waals surface area (Å²) >= 11 is 11.6. The second kappa shape index (κ2) is 6.79. The highest BCUT2D eigenvalue weighted by Gasteiger charge is 2.10. The first-order valence-electron chi connectivity index (χ1n) is 5.24. The summed E-state index contributed by atoms with van der Waals surface area (Å²) in [6, 6.07) is 1.46. The van der Waals surface area contributed by atoms with Crippen LogP contribution in [0.4, 0.5) is 0 Å². The predicted octanol–water partition coefficient (Wildman–Crippen LogP) is 2.07. The van der Waals surface area contributed by atoms with E-state index in [4.69, 9.17) is 23.2 Å². The third kappa shape index (κ3) is 4.89. The van der Waals surface area contributed by atoms with E-state index in [0.717, 1.165) is 13.0 Å². The molecular weight excluding hydrogens is 261 g/mol. The smallest absolute Gasteiger partial charge is 0.252 e. The maximum atomic E-state index is 11.8. The molecule has 0 aliphatic carbocycles. The average molecular weight is 276 g/mol. The van der Waals surface area contributed by atoms with Crippen LogP contribution in [0.25, 0.3) is 0 Å². The molecule has 0 fully saturated rings. The Morgan fingerprint density at radius 3 is 2.82 bits per heavy atom. The van der Waals surface area contributed by atoms with Crippen LogP contribution in [0.15, 0.2) is 12.3 Å². The molecule has 0 saturated carbocycles. The molecule has 0 aliphatic rings. The first kappa shape index (κ1) is 14.2. The number of rotatable bonds is 5. The number of nitrogens with one attached hydrogen (secondary N) is 1. The third-order valence-electron chi connectivity index (χ3n) is 2.13. The number of hydrogen-bond acceptors (Lipinski definition) is 3. The molecule has 0 radical (unpaired) electrons. The van der Waals surface area contributed by atoms with Gasteiger partial charge in [0, 0.05) is 12.7 Å². The number of carbonyl (C=O) groups is 1. The van der Waals surface area contributed by atoms with Crippen LogP contribution in [0.1, 0.15) is 16.8 Å². The van der Waals surface area contributed by atoms with E-state index in [1.165, 1.54) is 12.3 Å². The van der Waals surface area contributed by atoms with Crippen LogP contribution < -0.4 is 5.32 Å². The summed E-state index contributed by atoms with van der Waals surface area (Å²) in [6.45, 7) is 1.53. The topological polar surface area (TPSA) is 45.2 Å². The van der Waals surface area contributed by atoms with Crippen molar-refractivity contribution >= 4 is 29.1 Å². The van der Waals surface area contributed by atoms with Gasteiger partial charge in [-0.15, -0.1) is 0 Å². The molecule has 4 nitrogen and oxygen atoms in total. The van der Waals surface area contributed by atoms with E-state index in [1.807, 2.05) is 14.1 Å². The van der Waals surface area contributed by atoms with Gasteiger partial charge in [0.1, 0.15) is 5.15 Å². The van der Waals surface area contributed by atoms with E-state index >= 15 is 0 Å². The zero-order valence-electron chi connectivity index (χ0n) is 9.83. The molecule has 1 amide bonds. The van der Waals surface area contributed by atoms with Crippen molar-refractivity contribution in [3.63, 3.8) is 0 Å². The Hall–Kier alpha value is -0.840. The minimum Gasteiger partial charge on any atom is -0.352 e. The van der Waals surface area contributed by atoms with Crippen LogP contribution in [-0.4, -0.2) is 43.0 Å². The lowest BCUT2D eigenvalue weighted by Crippen LogP contribution is -2.27. The minimum absolute atomic E-state index is 0.224. The molecule has 1 rings (SSSR count). The van der Waals surface area contributed by atoms with Crippen LogP contribution in [0.3, 0.4) is 0 Å². The molecular formula is C11H15Cl2N3O. The Bertz CT molecular complexity index is 396. The van der Waals surface area contributed by atoms with E-state index in [1.54, 1.807) is 0 Å². The summed E-state index contributed by atoms with van der Waals surface area (Å²) in [5.74, 6) is -0.224. The zero-order valence-corrected chi connectivity index (χ0v) is 11.3. The van der Waals surface area contributed by atoms with Crippen LogP contribution in [0.5, 0.6) is 0 Å². The Morgan fingerprint density at radius 2 is 2.18 bits per heavy atom. The number of nitrogens with zero attached hydrogens (tertiary/aromatic N) is 2. The van der Waals surface area contributed by atoms with Gasteiger partial charge in [-0.2, -0.15) is 0 Å². The van der Waals surface area contributed by atoms with Crippen LogP contribution in [0.2, 0.25) is 10.2 Å². The average Bonchev–Trinajstić information content (AvgIpc) is 2.27. The van der Waals surface area contributed by atoms with Crippen molar-refractivity contribution in [3.05, 3.63) is 28.0 Å². The molecule has 0 spiro atoms. The summed E-state index contributed by atoms with van der Waals surface area (Å²) < 4.78 is 0. The van der Waals surface area contributed by atoms with Gasteiger partial charge in [0.2, 0.25) is 0 Å². The monoisotopic (exact) mass is 275 g/mol. The van der Waals surface area contributed by atoms with Gasteiger partial charge < -0.3 is 10.2 Å². The maximum Gasteiger partial charge on any atom is 0.252 e. The van der Waals surface area contributed by atoms with Crippen molar-refractivity contribution in [2.24, 2.45) is 0 Å². The molecule has 0 atom stereocenters. The summed E-state index contributed by atoms with van der Waals surface area (Å²) in [6.07, 6.45) is 2.26. The van der Waals surface area contributed by atoms with E-state index in [-0.39, 0.29) is 11.1 Å². The van der Waals surface area contributed by atoms with Gasteiger partial charge in [-0.25, -0.2) is 4.98 Å². The molecule has 0 unspecified atom stereocenters. The number of hydrogen-bond donors (Lipinski definition) is 1. The Labute approximate surface area is 111 Å². The third-order valence-corrected chi connectivity index (χ3v) is 2.64. The quantitative estimate of drug-likeness (QED) is 0.661. The molecule has 1 N–H and O–H groups in total. The minimum atomic E-state index is -0.224. The number of pyridine rings is 1. The standard InChI is InChI=1S/C11H15Cl2N3O/c1-16(2)5-3-4-14-11(17)8-6-10(13)15-7-9(8)12/h6-7H,3-5H2,1-2H3,(H,14,17). The van der Waals surface area contributed by atoms with Gasteiger partial charge in [-0.05, 0) is 33.1 Å². The van der Waals surface area contributed by atoms with E-state index in [2.05, 4.69) is 15.2 Å². The molecule has 0 saturated heterocycles. The molecule has 0 aliphatic heterocycles. The maximum absolute atomic E-state index is 11.8. The molecule has 94 valence electrons. The highest BCUT2D eigenvalue weighted by atomic mass is 35.5. The van der Waals surface area contributed by atoms with Crippen molar-refractivity contribution in [2.75, 3.05) is 27.2 Å². The molecule has 1 aromatic rings. The van der Waals surface area contributed by atoms with Gasteiger partial charge in [0.05, 0.1) is 10.6 Å². The molecule has 1 aromatic heterocycles. The van der Waals surface area contributed by atoms with Gasteiger partial charge in [-0.1, -0.05) is 23.2 Å². The van der Waals surface area contributed by atoms with Crippen molar-refractivity contribution in [2.45, 2.75) is 6.42 Å². The fraction of sp³-hybridized carbons (Fsp3) is 0.455. The highest BCUT2D eigenvalue weighted by Crippen LogP contribution is 2.17. The molecule has 0 bridgehead atoms. The Balaban J connectivity index is 2.49. The highest BCUT2D eigenvalue weighted by molar-refractivity contribution is 6.35. The number of halogens is 2. The first-order chi connectivity index (χ1) is 8.00. The lowest BCUT2D eigenvalue weighted by molar-refractivity contribution is 0.0952. The van der Waals surface area contributed by atoms with Gasteiger partial charge in [-0.3, -0.25) is 4.79 Å². The SMILES string of the molecule is CN(C)CCCNC(=O)c1cc(Cl)ncc1Cl. The molecule has 17 heavy (non-hydrogen) atoms. The lowest BCUT2D eigenvalue weighted by atomic mass is 10.2. The fourth-order valence-corrected chi connectivity index (χ4v) is 1.63.